The molecule has 0 aliphatic rings. The van der Waals surface area contributed by atoms with Gasteiger partial charge in [-0.25, -0.2) is 0 Å². The van der Waals surface area contributed by atoms with E-state index >= 15 is 0 Å². The molecule has 2 nitrogen and oxygen atoms in total. The number of hydrogen-bond donors (Lipinski definition) is 0. The highest BCUT2D eigenvalue weighted by molar-refractivity contribution is 7.98. The van der Waals surface area contributed by atoms with Crippen LogP contribution in [0.1, 0.15) is 26.7 Å². The van der Waals surface area contributed by atoms with E-state index in [4.69, 9.17) is 5.26 Å². The maximum Gasteiger partial charge on any atom is 0.0638 e. The molecule has 0 bridgehead atoms. The molecule has 2 unspecified atom stereocenters. The molecule has 0 heterocycles. The van der Waals surface area contributed by atoms with Crippen molar-refractivity contribution >= 4 is 11.8 Å². The molecule has 0 aliphatic carbocycles. The minimum absolute atomic E-state index is 0.377. The molecule has 0 N–H and O–H groups in total. The third kappa shape index (κ3) is 5.17. The molecule has 0 amide bonds. The molecule has 13 heavy (non-hydrogen) atoms. The molecule has 0 aromatic carbocycles. The molecule has 0 saturated heterocycles. The third-order valence-electron chi connectivity index (χ3n) is 2.52. The van der Waals surface area contributed by atoms with Crippen molar-refractivity contribution in [2.75, 3.05) is 19.1 Å². The zero-order valence-corrected chi connectivity index (χ0v) is 9.90. The molecule has 2 atom stereocenters. The minimum Gasteiger partial charge on any atom is -0.300 e. The van der Waals surface area contributed by atoms with Crippen LogP contribution in [0.15, 0.2) is 0 Å². The van der Waals surface area contributed by atoms with E-state index in [1.165, 1.54) is 12.2 Å². The van der Waals surface area contributed by atoms with E-state index in [0.29, 0.717) is 18.5 Å². The summed E-state index contributed by atoms with van der Waals surface area (Å²) in [5.74, 6) is 1.20. The van der Waals surface area contributed by atoms with Crippen LogP contribution in [0.5, 0.6) is 0 Å². The van der Waals surface area contributed by atoms with E-state index in [2.05, 4.69) is 38.1 Å². The number of rotatable bonds is 6. The van der Waals surface area contributed by atoms with Crippen LogP contribution in [0.3, 0.4) is 0 Å². The van der Waals surface area contributed by atoms with Crippen molar-refractivity contribution in [3.63, 3.8) is 0 Å². The number of nitriles is 1. The summed E-state index contributed by atoms with van der Waals surface area (Å²) >= 11 is 1.88. The molecule has 0 aliphatic heterocycles. The summed E-state index contributed by atoms with van der Waals surface area (Å²) in [6.45, 7) is 4.34. The standard InChI is InChI=1S/C10H20N2S/c1-9(5-7-11)12(3)10(2)6-8-13-4/h9-10H,5-6,8H2,1-4H3. The van der Waals surface area contributed by atoms with Crippen molar-refractivity contribution in [2.24, 2.45) is 0 Å². The van der Waals surface area contributed by atoms with Gasteiger partial charge in [-0.05, 0) is 39.3 Å². The van der Waals surface area contributed by atoms with Gasteiger partial charge in [0.2, 0.25) is 0 Å². The highest BCUT2D eigenvalue weighted by Crippen LogP contribution is 2.10. The lowest BCUT2D eigenvalue weighted by Crippen LogP contribution is -2.36. The van der Waals surface area contributed by atoms with E-state index < -0.39 is 0 Å². The van der Waals surface area contributed by atoms with Gasteiger partial charge in [-0.1, -0.05) is 0 Å². The summed E-state index contributed by atoms with van der Waals surface area (Å²) in [7, 11) is 2.10. The van der Waals surface area contributed by atoms with Gasteiger partial charge in [0.15, 0.2) is 0 Å². The average Bonchev–Trinajstić information content (AvgIpc) is 2.13. The van der Waals surface area contributed by atoms with Crippen LogP contribution in [0.25, 0.3) is 0 Å². The lowest BCUT2D eigenvalue weighted by molar-refractivity contribution is 0.194. The normalized spacial score (nSPS) is 15.4. The van der Waals surface area contributed by atoms with Crippen molar-refractivity contribution < 1.29 is 0 Å². The first-order chi connectivity index (χ1) is 6.13. The lowest BCUT2D eigenvalue weighted by atomic mass is 10.1. The van der Waals surface area contributed by atoms with Gasteiger partial charge in [-0.2, -0.15) is 17.0 Å². The van der Waals surface area contributed by atoms with Gasteiger partial charge in [-0.15, -0.1) is 0 Å². The lowest BCUT2D eigenvalue weighted by Gasteiger charge is -2.29. The Bertz CT molecular complexity index is 165. The largest absolute Gasteiger partial charge is 0.300 e. The Morgan fingerprint density at radius 2 is 2.00 bits per heavy atom. The van der Waals surface area contributed by atoms with Crippen molar-refractivity contribution in [3.8, 4) is 6.07 Å². The van der Waals surface area contributed by atoms with Gasteiger partial charge in [0.25, 0.3) is 0 Å². The summed E-state index contributed by atoms with van der Waals surface area (Å²) in [6, 6.07) is 3.17. The van der Waals surface area contributed by atoms with E-state index in [1.807, 2.05) is 11.8 Å². The number of thioether (sulfide) groups is 1. The molecule has 0 rings (SSSR count). The second-order valence-corrected chi connectivity index (χ2v) is 4.49. The fraction of sp³-hybridized carbons (Fsp3) is 0.900. The molecule has 0 fully saturated rings. The molecule has 3 heteroatoms. The Morgan fingerprint density at radius 1 is 1.38 bits per heavy atom. The molecule has 0 saturated carbocycles. The minimum atomic E-state index is 0.377. The zero-order chi connectivity index (χ0) is 10.3. The van der Waals surface area contributed by atoms with E-state index in [9.17, 15) is 0 Å². The quantitative estimate of drug-likeness (QED) is 0.658. The maximum absolute atomic E-state index is 8.56. The first-order valence-electron chi connectivity index (χ1n) is 4.71. The van der Waals surface area contributed by atoms with E-state index in [-0.39, 0.29) is 0 Å². The van der Waals surface area contributed by atoms with Crippen LogP contribution in [0.4, 0.5) is 0 Å². The summed E-state index contributed by atoms with van der Waals surface area (Å²) in [6.07, 6.45) is 3.96. The summed E-state index contributed by atoms with van der Waals surface area (Å²) in [4.78, 5) is 2.29. The van der Waals surface area contributed by atoms with Crippen molar-refractivity contribution in [2.45, 2.75) is 38.8 Å². The van der Waals surface area contributed by atoms with Crippen molar-refractivity contribution in [1.29, 1.82) is 5.26 Å². The molecule has 0 aromatic rings. The van der Waals surface area contributed by atoms with Crippen molar-refractivity contribution in [1.82, 2.24) is 4.90 Å². The number of nitrogens with zero attached hydrogens (tertiary/aromatic N) is 2. The van der Waals surface area contributed by atoms with Crippen molar-refractivity contribution in [3.05, 3.63) is 0 Å². The van der Waals surface area contributed by atoms with Gasteiger partial charge in [0, 0.05) is 12.1 Å². The highest BCUT2D eigenvalue weighted by atomic mass is 32.2. The maximum atomic E-state index is 8.56. The average molecular weight is 200 g/mol. The summed E-state index contributed by atoms with van der Waals surface area (Å²) in [5, 5.41) is 8.56. The van der Waals surface area contributed by atoms with E-state index in [1.54, 1.807) is 0 Å². The van der Waals surface area contributed by atoms with Gasteiger partial charge >= 0.3 is 0 Å². The highest BCUT2D eigenvalue weighted by Gasteiger charge is 2.14. The number of hydrogen-bond acceptors (Lipinski definition) is 3. The predicted molar refractivity (Wildman–Crippen MR) is 59.9 cm³/mol. The van der Waals surface area contributed by atoms with Crippen LogP contribution < -0.4 is 0 Å². The van der Waals surface area contributed by atoms with Crippen LogP contribution in [0, 0.1) is 11.3 Å². The Balaban J connectivity index is 3.80. The molecular formula is C10H20N2S. The molecule has 0 aromatic heterocycles. The fourth-order valence-corrected chi connectivity index (χ4v) is 1.78. The smallest absolute Gasteiger partial charge is 0.0638 e. The van der Waals surface area contributed by atoms with Crippen LogP contribution in [0.2, 0.25) is 0 Å². The third-order valence-corrected chi connectivity index (χ3v) is 3.16. The topological polar surface area (TPSA) is 27.0 Å². The Labute approximate surface area is 86.3 Å². The Kier molecular flexibility index (Phi) is 7.12. The first-order valence-corrected chi connectivity index (χ1v) is 6.10. The first kappa shape index (κ1) is 12.8. The second kappa shape index (κ2) is 7.23. The summed E-state index contributed by atoms with van der Waals surface area (Å²) < 4.78 is 0. The van der Waals surface area contributed by atoms with Gasteiger partial charge in [-0.3, -0.25) is 4.90 Å². The van der Waals surface area contributed by atoms with Gasteiger partial charge in [0.1, 0.15) is 0 Å². The molecule has 76 valence electrons. The van der Waals surface area contributed by atoms with Gasteiger partial charge in [0.05, 0.1) is 12.5 Å². The molecular weight excluding hydrogens is 180 g/mol. The van der Waals surface area contributed by atoms with E-state index in [0.717, 1.165) is 0 Å². The summed E-state index contributed by atoms with van der Waals surface area (Å²) in [5.41, 5.74) is 0. The zero-order valence-electron chi connectivity index (χ0n) is 9.08. The predicted octanol–water partition coefficient (Wildman–Crippen LogP) is 2.36. The molecule has 0 spiro atoms. The Morgan fingerprint density at radius 3 is 2.46 bits per heavy atom. The van der Waals surface area contributed by atoms with Crippen LogP contribution in [-0.4, -0.2) is 36.0 Å². The van der Waals surface area contributed by atoms with Crippen LogP contribution >= 0.6 is 11.8 Å². The molecule has 0 radical (unpaired) electrons. The monoisotopic (exact) mass is 200 g/mol. The second-order valence-electron chi connectivity index (χ2n) is 3.51. The Hall–Kier alpha value is -0.200. The fourth-order valence-electron chi connectivity index (χ4n) is 1.20. The van der Waals surface area contributed by atoms with Gasteiger partial charge < -0.3 is 0 Å². The van der Waals surface area contributed by atoms with Crippen LogP contribution in [-0.2, 0) is 0 Å². The SMILES string of the molecule is CSCCC(C)N(C)C(C)CC#N.